The number of carbonyl (C=O) groups is 1. The predicted molar refractivity (Wildman–Crippen MR) is 86.5 cm³/mol. The molecule has 22 heavy (non-hydrogen) atoms. The fraction of sp³-hybridized carbons (Fsp3) is 0.533. The molecule has 0 unspecified atom stereocenters. The van der Waals surface area contributed by atoms with Crippen molar-refractivity contribution in [2.24, 2.45) is 0 Å². The molecule has 0 bridgehead atoms. The van der Waals surface area contributed by atoms with E-state index in [4.69, 9.17) is 11.6 Å². The fourth-order valence-corrected chi connectivity index (χ4v) is 4.51. The zero-order chi connectivity index (χ0) is 16.3. The number of benzene rings is 1. The maximum absolute atomic E-state index is 12.2. The summed E-state index contributed by atoms with van der Waals surface area (Å²) in [5.74, 6) is 0.227. The summed E-state index contributed by atoms with van der Waals surface area (Å²) in [4.78, 5) is 13.8. The summed E-state index contributed by atoms with van der Waals surface area (Å²) in [5.41, 5.74) is 1.10. The van der Waals surface area contributed by atoms with Gasteiger partial charge in [0.15, 0.2) is 16.4 Å². The average Bonchev–Trinajstić information content (AvgIpc) is 2.84. The van der Waals surface area contributed by atoms with E-state index in [1.165, 1.54) is 0 Å². The summed E-state index contributed by atoms with van der Waals surface area (Å²) in [6.07, 6.45) is 0.539. The van der Waals surface area contributed by atoms with E-state index >= 15 is 0 Å². The highest BCUT2D eigenvalue weighted by Crippen LogP contribution is 2.16. The molecule has 0 radical (unpaired) electrons. The molecule has 0 aromatic heterocycles. The first-order valence-corrected chi connectivity index (χ1v) is 9.53. The molecule has 1 aromatic rings. The van der Waals surface area contributed by atoms with E-state index in [-0.39, 0.29) is 29.5 Å². The van der Waals surface area contributed by atoms with Crippen molar-refractivity contribution in [2.75, 3.05) is 25.1 Å². The molecule has 0 saturated carbocycles. The van der Waals surface area contributed by atoms with Crippen LogP contribution in [0.1, 0.15) is 24.9 Å². The van der Waals surface area contributed by atoms with Crippen LogP contribution in [0.3, 0.4) is 0 Å². The van der Waals surface area contributed by atoms with Gasteiger partial charge in [0.1, 0.15) is 6.04 Å². The van der Waals surface area contributed by atoms with Crippen molar-refractivity contribution < 1.29 is 18.5 Å². The lowest BCUT2D eigenvalue weighted by Crippen LogP contribution is -2.87. The Morgan fingerprint density at radius 2 is 2.05 bits per heavy atom. The molecule has 1 saturated heterocycles. The van der Waals surface area contributed by atoms with Crippen LogP contribution in [-0.4, -0.2) is 50.4 Å². The van der Waals surface area contributed by atoms with Crippen LogP contribution in [0.4, 0.5) is 0 Å². The van der Waals surface area contributed by atoms with E-state index in [1.807, 2.05) is 36.5 Å². The van der Waals surface area contributed by atoms with Crippen molar-refractivity contribution in [3.05, 3.63) is 34.9 Å². The Morgan fingerprint density at radius 3 is 2.59 bits per heavy atom. The number of rotatable bonds is 5. The summed E-state index contributed by atoms with van der Waals surface area (Å²) in [6.45, 7) is 2.33. The number of quaternary nitrogens is 1. The van der Waals surface area contributed by atoms with Crippen LogP contribution in [0, 0.1) is 0 Å². The Hall–Kier alpha value is -1.11. The van der Waals surface area contributed by atoms with Gasteiger partial charge in [-0.15, -0.1) is 0 Å². The van der Waals surface area contributed by atoms with Crippen molar-refractivity contribution in [1.82, 2.24) is 4.90 Å². The third-order valence-electron chi connectivity index (χ3n) is 4.19. The minimum atomic E-state index is -2.97. The number of carbonyl (C=O) groups excluding carboxylic acids is 1. The van der Waals surface area contributed by atoms with E-state index in [9.17, 15) is 13.2 Å². The van der Waals surface area contributed by atoms with Crippen LogP contribution in [-0.2, 0) is 14.6 Å². The second-order valence-corrected chi connectivity index (χ2v) is 8.51. The number of likely N-dealkylation sites (N-methyl/N-ethyl adjacent to an activating group) is 1. The largest absolute Gasteiger partial charge is 0.337 e. The average molecular weight is 346 g/mol. The predicted octanol–water partition coefficient (Wildman–Crippen LogP) is 0.610. The lowest BCUT2D eigenvalue weighted by atomic mass is 10.1. The monoisotopic (exact) mass is 345 g/mol. The number of nitrogens with two attached hydrogens (primary N) is 1. The minimum Gasteiger partial charge on any atom is -0.337 e. The topological polar surface area (TPSA) is 71.1 Å². The zero-order valence-electron chi connectivity index (χ0n) is 12.8. The van der Waals surface area contributed by atoms with Gasteiger partial charge in [0.25, 0.3) is 5.91 Å². The van der Waals surface area contributed by atoms with E-state index in [0.29, 0.717) is 18.0 Å². The van der Waals surface area contributed by atoms with Crippen LogP contribution >= 0.6 is 11.6 Å². The van der Waals surface area contributed by atoms with Crippen molar-refractivity contribution >= 4 is 27.3 Å². The quantitative estimate of drug-likeness (QED) is 0.850. The minimum absolute atomic E-state index is 0.0390. The van der Waals surface area contributed by atoms with Crippen LogP contribution in [0.15, 0.2) is 24.3 Å². The smallest absolute Gasteiger partial charge is 0.277 e. The van der Waals surface area contributed by atoms with E-state index in [2.05, 4.69) is 0 Å². The van der Waals surface area contributed by atoms with Gasteiger partial charge in [-0.3, -0.25) is 4.79 Å². The van der Waals surface area contributed by atoms with Gasteiger partial charge in [-0.2, -0.15) is 0 Å². The molecule has 2 rings (SSSR count). The number of hydrogen-bond acceptors (Lipinski definition) is 3. The summed E-state index contributed by atoms with van der Waals surface area (Å²) < 4.78 is 23.0. The summed E-state index contributed by atoms with van der Waals surface area (Å²) >= 11 is 5.86. The Labute approximate surface area is 136 Å². The zero-order valence-corrected chi connectivity index (χ0v) is 14.4. The summed E-state index contributed by atoms with van der Waals surface area (Å²) in [7, 11) is -1.28. The van der Waals surface area contributed by atoms with Crippen LogP contribution in [0.2, 0.25) is 5.02 Å². The number of hydrogen-bond donors (Lipinski definition) is 1. The Bertz CT molecular complexity index is 631. The summed E-state index contributed by atoms with van der Waals surface area (Å²) in [6, 6.07) is 7.51. The Morgan fingerprint density at radius 1 is 1.41 bits per heavy atom. The highest BCUT2D eigenvalue weighted by atomic mass is 35.5. The molecule has 0 aliphatic carbocycles. The Kier molecular flexibility index (Phi) is 5.47. The van der Waals surface area contributed by atoms with Gasteiger partial charge in [0.2, 0.25) is 0 Å². The maximum Gasteiger partial charge on any atom is 0.277 e. The molecular weight excluding hydrogens is 324 g/mol. The van der Waals surface area contributed by atoms with Crippen molar-refractivity contribution in [3.63, 3.8) is 0 Å². The standard InChI is InChI=1S/C15H21ClN2O3S/c1-11(12-3-5-13(16)6-4-12)17-9-15(19)18(2)14-7-8-22(20,21)10-14/h3-6,11,14,17H,7-10H2,1-2H3/p+1/t11-,14-/m0/s1. The molecule has 1 aliphatic rings. The SMILES string of the molecule is C[C@H]([NH2+]CC(=O)N(C)[C@H]1CCS(=O)(=O)C1)c1ccc(Cl)cc1. The van der Waals surface area contributed by atoms with Crippen LogP contribution in [0.5, 0.6) is 0 Å². The van der Waals surface area contributed by atoms with E-state index < -0.39 is 9.84 Å². The molecule has 1 aromatic carbocycles. The van der Waals surface area contributed by atoms with Crippen molar-refractivity contribution in [1.29, 1.82) is 0 Å². The lowest BCUT2D eigenvalue weighted by Gasteiger charge is -2.23. The van der Waals surface area contributed by atoms with Gasteiger partial charge in [0.05, 0.1) is 11.5 Å². The molecule has 1 fully saturated rings. The second kappa shape index (κ2) is 6.98. The third kappa shape index (κ3) is 4.44. The molecule has 2 atom stereocenters. The summed E-state index contributed by atoms with van der Waals surface area (Å²) in [5, 5.41) is 2.64. The molecule has 2 N–H and O–H groups in total. The molecule has 5 nitrogen and oxygen atoms in total. The first-order valence-electron chi connectivity index (χ1n) is 7.33. The van der Waals surface area contributed by atoms with E-state index in [1.54, 1.807) is 11.9 Å². The number of halogens is 1. The molecule has 1 aliphatic heterocycles. The number of nitrogens with zero attached hydrogens (tertiary/aromatic N) is 1. The van der Waals surface area contributed by atoms with E-state index in [0.717, 1.165) is 5.56 Å². The third-order valence-corrected chi connectivity index (χ3v) is 6.19. The fourth-order valence-electron chi connectivity index (χ4n) is 2.61. The lowest BCUT2D eigenvalue weighted by molar-refractivity contribution is -0.683. The highest BCUT2D eigenvalue weighted by Gasteiger charge is 2.33. The normalized spacial score (nSPS) is 21.5. The van der Waals surface area contributed by atoms with Crippen LogP contribution in [0.25, 0.3) is 0 Å². The first kappa shape index (κ1) is 17.2. The first-order chi connectivity index (χ1) is 10.3. The molecule has 122 valence electrons. The number of amides is 1. The van der Waals surface area contributed by atoms with Gasteiger partial charge >= 0.3 is 0 Å². The second-order valence-electron chi connectivity index (χ2n) is 5.84. The molecule has 0 spiro atoms. The van der Waals surface area contributed by atoms with Gasteiger partial charge in [-0.1, -0.05) is 23.7 Å². The van der Waals surface area contributed by atoms with Crippen LogP contribution < -0.4 is 5.32 Å². The maximum atomic E-state index is 12.2. The van der Waals surface area contributed by atoms with Gasteiger partial charge < -0.3 is 10.2 Å². The van der Waals surface area contributed by atoms with Gasteiger partial charge in [-0.25, -0.2) is 8.42 Å². The molecule has 1 heterocycles. The molecule has 7 heteroatoms. The highest BCUT2D eigenvalue weighted by molar-refractivity contribution is 7.91. The van der Waals surface area contributed by atoms with Gasteiger partial charge in [0, 0.05) is 23.7 Å². The Balaban J connectivity index is 1.85. The van der Waals surface area contributed by atoms with Crippen molar-refractivity contribution in [3.8, 4) is 0 Å². The molecule has 1 amide bonds. The molecular formula is C15H22ClN2O3S+. The number of sulfone groups is 1. The van der Waals surface area contributed by atoms with Crippen molar-refractivity contribution in [2.45, 2.75) is 25.4 Å². The van der Waals surface area contributed by atoms with Gasteiger partial charge in [-0.05, 0) is 25.5 Å².